The number of hydrogen-bond donors (Lipinski definition) is 2. The molecule has 0 aromatic carbocycles. The molecule has 0 aliphatic carbocycles. The molecule has 3 N–H and O–H groups in total. The van der Waals surface area contributed by atoms with Gasteiger partial charge in [-0.05, 0) is 38.0 Å². The van der Waals surface area contributed by atoms with E-state index < -0.39 is 0 Å². The highest BCUT2D eigenvalue weighted by molar-refractivity contribution is 5.85. The number of piperidine rings is 1. The standard InChI is InChI=1S/C15H29N3O2.ClH/c1-11(2)4-5-14(19)17-10-15(20)18-8-6-13(7-9-18)12(3)16;/h11-13H,4-10,16H2,1-3H3,(H,17,19);1H. The van der Waals surface area contributed by atoms with Gasteiger partial charge in [-0.25, -0.2) is 0 Å². The minimum Gasteiger partial charge on any atom is -0.347 e. The van der Waals surface area contributed by atoms with Gasteiger partial charge in [0.1, 0.15) is 0 Å². The van der Waals surface area contributed by atoms with Crippen LogP contribution in [0.3, 0.4) is 0 Å². The fourth-order valence-electron chi connectivity index (χ4n) is 2.47. The van der Waals surface area contributed by atoms with Gasteiger partial charge in [0.25, 0.3) is 0 Å². The van der Waals surface area contributed by atoms with Gasteiger partial charge in [0.15, 0.2) is 0 Å². The van der Waals surface area contributed by atoms with Crippen LogP contribution in [0.25, 0.3) is 0 Å². The summed E-state index contributed by atoms with van der Waals surface area (Å²) >= 11 is 0. The Morgan fingerprint density at radius 1 is 1.24 bits per heavy atom. The highest BCUT2D eigenvalue weighted by Gasteiger charge is 2.24. The summed E-state index contributed by atoms with van der Waals surface area (Å²) in [5.74, 6) is 1.01. The maximum absolute atomic E-state index is 12.0. The summed E-state index contributed by atoms with van der Waals surface area (Å²) in [5, 5.41) is 2.71. The SMILES string of the molecule is CC(C)CCC(=O)NCC(=O)N1CCC(C(C)N)CC1.Cl. The van der Waals surface area contributed by atoms with Crippen LogP contribution >= 0.6 is 12.4 Å². The van der Waals surface area contributed by atoms with Crippen molar-refractivity contribution >= 4 is 24.2 Å². The van der Waals surface area contributed by atoms with E-state index in [2.05, 4.69) is 19.2 Å². The Kier molecular flexibility index (Phi) is 9.62. The third-order valence-electron chi connectivity index (χ3n) is 4.02. The molecular weight excluding hydrogens is 290 g/mol. The van der Waals surface area contributed by atoms with Gasteiger partial charge in [-0.3, -0.25) is 9.59 Å². The first-order valence-corrected chi connectivity index (χ1v) is 7.70. The molecule has 1 fully saturated rings. The molecule has 1 heterocycles. The number of carbonyl (C=O) groups excluding carboxylic acids is 2. The van der Waals surface area contributed by atoms with Gasteiger partial charge in [0.05, 0.1) is 6.54 Å². The van der Waals surface area contributed by atoms with E-state index >= 15 is 0 Å². The van der Waals surface area contributed by atoms with Gasteiger partial charge in [-0.1, -0.05) is 13.8 Å². The second-order valence-electron chi connectivity index (χ2n) is 6.29. The summed E-state index contributed by atoms with van der Waals surface area (Å²) in [6.07, 6.45) is 3.28. The number of nitrogens with zero attached hydrogens (tertiary/aromatic N) is 1. The minimum atomic E-state index is -0.0301. The number of nitrogens with one attached hydrogen (secondary N) is 1. The van der Waals surface area contributed by atoms with Crippen LogP contribution in [0.2, 0.25) is 0 Å². The van der Waals surface area contributed by atoms with Crippen molar-refractivity contribution in [2.45, 2.75) is 52.5 Å². The lowest BCUT2D eigenvalue weighted by Gasteiger charge is -2.33. The van der Waals surface area contributed by atoms with Crippen molar-refractivity contribution < 1.29 is 9.59 Å². The molecule has 0 spiro atoms. The highest BCUT2D eigenvalue weighted by Crippen LogP contribution is 2.19. The van der Waals surface area contributed by atoms with Gasteiger partial charge in [-0.15, -0.1) is 12.4 Å². The van der Waals surface area contributed by atoms with E-state index in [1.165, 1.54) is 0 Å². The molecule has 1 atom stereocenters. The summed E-state index contributed by atoms with van der Waals surface area (Å²) in [6.45, 7) is 7.83. The van der Waals surface area contributed by atoms with Crippen LogP contribution in [0, 0.1) is 11.8 Å². The first-order chi connectivity index (χ1) is 9.40. The normalized spacial score (nSPS) is 17.3. The third-order valence-corrected chi connectivity index (χ3v) is 4.02. The maximum Gasteiger partial charge on any atom is 0.241 e. The zero-order chi connectivity index (χ0) is 15.1. The van der Waals surface area contributed by atoms with E-state index in [4.69, 9.17) is 5.73 Å². The Morgan fingerprint density at radius 3 is 2.29 bits per heavy atom. The van der Waals surface area contributed by atoms with Crippen LogP contribution in [-0.2, 0) is 9.59 Å². The molecule has 0 aromatic rings. The van der Waals surface area contributed by atoms with E-state index in [0.29, 0.717) is 18.3 Å². The summed E-state index contributed by atoms with van der Waals surface area (Å²) in [5.41, 5.74) is 5.88. The van der Waals surface area contributed by atoms with Crippen LogP contribution in [0.1, 0.15) is 46.5 Å². The number of halogens is 1. The number of hydrogen-bond acceptors (Lipinski definition) is 3. The monoisotopic (exact) mass is 319 g/mol. The quantitative estimate of drug-likeness (QED) is 0.780. The molecule has 2 amide bonds. The van der Waals surface area contributed by atoms with E-state index in [1.807, 2.05) is 11.8 Å². The van der Waals surface area contributed by atoms with E-state index in [9.17, 15) is 9.59 Å². The Balaban J connectivity index is 0.00000400. The van der Waals surface area contributed by atoms with Crippen LogP contribution in [0.15, 0.2) is 0 Å². The summed E-state index contributed by atoms with van der Waals surface area (Å²) in [4.78, 5) is 25.4. The van der Waals surface area contributed by atoms with Crippen molar-refractivity contribution in [3.63, 3.8) is 0 Å². The molecule has 21 heavy (non-hydrogen) atoms. The molecule has 124 valence electrons. The molecule has 1 aliphatic heterocycles. The molecule has 1 saturated heterocycles. The Bertz CT molecular complexity index is 327. The van der Waals surface area contributed by atoms with Crippen molar-refractivity contribution in [3.05, 3.63) is 0 Å². The van der Waals surface area contributed by atoms with Crippen LogP contribution in [-0.4, -0.2) is 42.4 Å². The molecule has 1 rings (SSSR count). The average Bonchev–Trinajstić information content (AvgIpc) is 2.42. The fourth-order valence-corrected chi connectivity index (χ4v) is 2.47. The minimum absolute atomic E-state index is 0. The number of rotatable bonds is 6. The number of amides is 2. The van der Waals surface area contributed by atoms with Crippen LogP contribution in [0.5, 0.6) is 0 Å². The molecule has 0 aromatic heterocycles. The first kappa shape index (κ1) is 20.2. The van der Waals surface area contributed by atoms with E-state index in [1.54, 1.807) is 0 Å². The van der Waals surface area contributed by atoms with E-state index in [-0.39, 0.29) is 36.8 Å². The van der Waals surface area contributed by atoms with Crippen LogP contribution in [0.4, 0.5) is 0 Å². The predicted octanol–water partition coefficient (Wildman–Crippen LogP) is 1.55. The van der Waals surface area contributed by atoms with Crippen molar-refractivity contribution in [2.24, 2.45) is 17.6 Å². The lowest BCUT2D eigenvalue weighted by molar-refractivity contribution is -0.134. The molecule has 6 heteroatoms. The predicted molar refractivity (Wildman–Crippen MR) is 87.3 cm³/mol. The topological polar surface area (TPSA) is 75.4 Å². The first-order valence-electron chi connectivity index (χ1n) is 7.70. The van der Waals surface area contributed by atoms with Gasteiger partial charge in [0, 0.05) is 25.6 Å². The lowest BCUT2D eigenvalue weighted by atomic mass is 9.91. The van der Waals surface area contributed by atoms with Gasteiger partial charge in [0.2, 0.25) is 11.8 Å². The van der Waals surface area contributed by atoms with Crippen molar-refractivity contribution in [2.75, 3.05) is 19.6 Å². The van der Waals surface area contributed by atoms with Gasteiger partial charge in [-0.2, -0.15) is 0 Å². The molecule has 0 radical (unpaired) electrons. The number of likely N-dealkylation sites (tertiary alicyclic amines) is 1. The maximum atomic E-state index is 12.0. The fraction of sp³-hybridized carbons (Fsp3) is 0.867. The third kappa shape index (κ3) is 7.67. The zero-order valence-corrected chi connectivity index (χ0v) is 14.2. The number of nitrogens with two attached hydrogens (primary N) is 1. The van der Waals surface area contributed by atoms with Crippen LogP contribution < -0.4 is 11.1 Å². The Hall–Kier alpha value is -0.810. The Morgan fingerprint density at radius 2 is 1.81 bits per heavy atom. The van der Waals surface area contributed by atoms with Crippen molar-refractivity contribution in [1.82, 2.24) is 10.2 Å². The van der Waals surface area contributed by atoms with Crippen molar-refractivity contribution in [3.8, 4) is 0 Å². The van der Waals surface area contributed by atoms with Gasteiger partial charge < -0.3 is 16.0 Å². The number of carbonyl (C=O) groups is 2. The molecule has 5 nitrogen and oxygen atoms in total. The van der Waals surface area contributed by atoms with Gasteiger partial charge >= 0.3 is 0 Å². The second kappa shape index (κ2) is 10.0. The smallest absolute Gasteiger partial charge is 0.241 e. The molecular formula is C15H30ClN3O2. The van der Waals surface area contributed by atoms with E-state index in [0.717, 1.165) is 32.4 Å². The summed E-state index contributed by atoms with van der Waals surface area (Å²) in [7, 11) is 0. The summed E-state index contributed by atoms with van der Waals surface area (Å²) < 4.78 is 0. The molecule has 1 unspecified atom stereocenters. The summed E-state index contributed by atoms with van der Waals surface area (Å²) in [6, 6.07) is 0.197. The second-order valence-corrected chi connectivity index (χ2v) is 6.29. The average molecular weight is 320 g/mol. The van der Waals surface area contributed by atoms with Crippen molar-refractivity contribution in [1.29, 1.82) is 0 Å². The molecule has 0 bridgehead atoms. The molecule has 1 aliphatic rings. The lowest BCUT2D eigenvalue weighted by Crippen LogP contribution is -2.46. The Labute approximate surface area is 134 Å². The largest absolute Gasteiger partial charge is 0.347 e. The highest BCUT2D eigenvalue weighted by atomic mass is 35.5. The zero-order valence-electron chi connectivity index (χ0n) is 13.4. The molecule has 0 saturated carbocycles.